The first kappa shape index (κ1) is 23.0. The van der Waals surface area contributed by atoms with Crippen LogP contribution in [0.1, 0.15) is 18.1 Å². The maximum absolute atomic E-state index is 13.1. The van der Waals surface area contributed by atoms with Crippen molar-refractivity contribution in [2.24, 2.45) is 0 Å². The van der Waals surface area contributed by atoms with Crippen LogP contribution in [0.25, 0.3) is 10.9 Å². The summed E-state index contributed by atoms with van der Waals surface area (Å²) in [6.45, 7) is 1.84. The fourth-order valence-electron chi connectivity index (χ4n) is 3.47. The highest BCUT2D eigenvalue weighted by molar-refractivity contribution is 5.84. The molecule has 1 unspecified atom stereocenters. The van der Waals surface area contributed by atoms with Crippen LogP contribution >= 0.6 is 0 Å². The number of nitrogens with one attached hydrogen (secondary N) is 1. The number of carbonyl (C=O) groups excluding carboxylic acids is 2. The minimum Gasteiger partial charge on any atom is -0.456 e. The van der Waals surface area contributed by atoms with Crippen LogP contribution in [0.15, 0.2) is 54.7 Å². The monoisotopic (exact) mass is 440 g/mol. The van der Waals surface area contributed by atoms with Gasteiger partial charge in [-0.05, 0) is 36.2 Å². The first-order chi connectivity index (χ1) is 15.2. The Balaban J connectivity index is 1.83. The Hall–Kier alpha value is -3.72. The summed E-state index contributed by atoms with van der Waals surface area (Å²) in [6.07, 6.45) is 1.55. The third kappa shape index (κ3) is 4.94. The maximum atomic E-state index is 13.1. The zero-order chi connectivity index (χ0) is 23.3. The average Bonchev–Trinajstić information content (AvgIpc) is 3.19. The number of nitro benzene ring substituents is 1. The molecular weight excluding hydrogens is 414 g/mol. The van der Waals surface area contributed by atoms with Gasteiger partial charge in [0.25, 0.3) is 5.69 Å². The van der Waals surface area contributed by atoms with Crippen molar-refractivity contribution >= 4 is 28.7 Å². The number of likely N-dealkylation sites (N-methyl/N-ethyl adjacent to an activating group) is 1. The van der Waals surface area contributed by atoms with E-state index in [0.717, 1.165) is 16.5 Å². The number of hydrogen-bond donors (Lipinski definition) is 1. The summed E-state index contributed by atoms with van der Waals surface area (Å²) < 4.78 is 10.4. The van der Waals surface area contributed by atoms with Crippen LogP contribution < -0.4 is 0 Å². The largest absolute Gasteiger partial charge is 0.516 e. The number of rotatable bonds is 8. The Morgan fingerprint density at radius 2 is 1.78 bits per heavy atom. The van der Waals surface area contributed by atoms with Crippen molar-refractivity contribution in [3.63, 3.8) is 0 Å². The van der Waals surface area contributed by atoms with Gasteiger partial charge in [0.1, 0.15) is 6.61 Å². The summed E-state index contributed by atoms with van der Waals surface area (Å²) in [5.74, 6) is -0.563. The molecule has 0 bridgehead atoms. The molecule has 1 heterocycles. The number of H-pyrrole nitrogens is 1. The summed E-state index contributed by atoms with van der Waals surface area (Å²) in [5, 5.41) is 11.8. The van der Waals surface area contributed by atoms with Gasteiger partial charge in [-0.3, -0.25) is 10.1 Å². The molecule has 2 aromatic carbocycles. The number of esters is 1. The molecule has 32 heavy (non-hydrogen) atoms. The van der Waals surface area contributed by atoms with E-state index in [2.05, 4.69) is 4.98 Å². The van der Waals surface area contributed by atoms with Crippen molar-refractivity contribution in [2.75, 3.05) is 20.7 Å². The summed E-state index contributed by atoms with van der Waals surface area (Å²) >= 11 is 0. The molecule has 0 saturated heterocycles. The van der Waals surface area contributed by atoms with Crippen molar-refractivity contribution in [3.8, 4) is 0 Å². The predicted octanol–water partition coefficient (Wildman–Crippen LogP) is 3.96. The van der Waals surface area contributed by atoms with E-state index in [-0.39, 0.29) is 29.8 Å². The van der Waals surface area contributed by atoms with Gasteiger partial charge < -0.3 is 14.5 Å². The third-order valence-electron chi connectivity index (χ3n) is 5.41. The summed E-state index contributed by atoms with van der Waals surface area (Å²) in [7, 11) is 3.23. The molecule has 3 rings (SSSR count). The van der Waals surface area contributed by atoms with Crippen LogP contribution in [0.2, 0.25) is 0 Å². The highest BCUT2D eigenvalue weighted by Gasteiger charge is 2.44. The number of hydrogen-bond acceptors (Lipinski definition) is 6. The van der Waals surface area contributed by atoms with Crippen LogP contribution in [-0.2, 0) is 27.3 Å². The second-order valence-electron chi connectivity index (χ2n) is 7.85. The van der Waals surface area contributed by atoms with E-state index in [1.807, 2.05) is 30.5 Å². The minimum absolute atomic E-state index is 0.0441. The molecule has 168 valence electrons. The Kier molecular flexibility index (Phi) is 6.89. The number of non-ortho nitro benzene ring substituents is 1. The molecule has 1 aromatic heterocycles. The Morgan fingerprint density at radius 1 is 1.09 bits per heavy atom. The van der Waals surface area contributed by atoms with Crippen LogP contribution in [-0.4, -0.2) is 53.2 Å². The molecule has 3 aromatic rings. The van der Waals surface area contributed by atoms with E-state index in [4.69, 9.17) is 9.47 Å². The van der Waals surface area contributed by atoms with Gasteiger partial charge in [-0.25, -0.2) is 9.28 Å². The van der Waals surface area contributed by atoms with Crippen LogP contribution in [0.4, 0.5) is 10.5 Å². The standard InChI is InChI=1S/C23H26N3O6/c1-4-31-23(28)26(2,3)21(13-17-14-24-20-8-6-5-7-19(17)20)22(27)32-15-16-9-11-18(12-10-16)25(29)30/h5-12,14,21,24H,4,13,15H2,1-3H3/q+1. The second kappa shape index (κ2) is 9.61. The highest BCUT2D eigenvalue weighted by Crippen LogP contribution is 2.24. The van der Waals surface area contributed by atoms with Crippen LogP contribution in [0.5, 0.6) is 0 Å². The van der Waals surface area contributed by atoms with Gasteiger partial charge >= 0.3 is 12.1 Å². The van der Waals surface area contributed by atoms with Crippen molar-refractivity contribution in [1.29, 1.82) is 0 Å². The van der Waals surface area contributed by atoms with E-state index in [1.165, 1.54) is 24.3 Å². The van der Waals surface area contributed by atoms with Crippen molar-refractivity contribution < 1.29 is 28.5 Å². The number of aromatic nitrogens is 1. The van der Waals surface area contributed by atoms with Gasteiger partial charge in [0, 0.05) is 35.7 Å². The van der Waals surface area contributed by atoms with Gasteiger partial charge in [-0.15, -0.1) is 0 Å². The van der Waals surface area contributed by atoms with Gasteiger partial charge in [0.05, 0.1) is 25.6 Å². The number of para-hydroxylation sites is 1. The molecule has 0 aliphatic rings. The van der Waals surface area contributed by atoms with E-state index in [1.54, 1.807) is 21.0 Å². The first-order valence-electron chi connectivity index (χ1n) is 10.2. The molecule has 0 radical (unpaired) electrons. The molecule has 1 amide bonds. The first-order valence-corrected chi connectivity index (χ1v) is 10.2. The zero-order valence-corrected chi connectivity index (χ0v) is 18.2. The lowest BCUT2D eigenvalue weighted by atomic mass is 10.0. The number of carbonyl (C=O) groups is 2. The zero-order valence-electron chi connectivity index (χ0n) is 18.2. The highest BCUT2D eigenvalue weighted by atomic mass is 16.6. The fourth-order valence-corrected chi connectivity index (χ4v) is 3.47. The van der Waals surface area contributed by atoms with Gasteiger partial charge in [0.15, 0.2) is 0 Å². The predicted molar refractivity (Wildman–Crippen MR) is 118 cm³/mol. The van der Waals surface area contributed by atoms with Gasteiger partial charge in [0.2, 0.25) is 6.04 Å². The van der Waals surface area contributed by atoms with Gasteiger partial charge in [-0.1, -0.05) is 18.2 Å². The Labute approximate surface area is 185 Å². The fraction of sp³-hybridized carbons (Fsp3) is 0.304. The molecule has 9 heteroatoms. The molecule has 0 fully saturated rings. The maximum Gasteiger partial charge on any atom is 0.516 e. The van der Waals surface area contributed by atoms with Gasteiger partial charge in [-0.2, -0.15) is 4.79 Å². The number of nitro groups is 1. The molecule has 0 saturated carbocycles. The van der Waals surface area contributed by atoms with Crippen LogP contribution in [0.3, 0.4) is 0 Å². The number of benzene rings is 2. The molecule has 0 aliphatic heterocycles. The SMILES string of the molecule is CCOC(=O)[N+](C)(C)C(Cc1c[nH]c2ccccc12)C(=O)OCc1ccc([N+](=O)[O-])cc1. The molecular formula is C23H26N3O6+. The number of fused-ring (bicyclic) bond motifs is 1. The summed E-state index contributed by atoms with van der Waals surface area (Å²) in [5.41, 5.74) is 2.38. The van der Waals surface area contributed by atoms with E-state index < -0.39 is 23.0 Å². The Morgan fingerprint density at radius 3 is 2.44 bits per heavy atom. The third-order valence-corrected chi connectivity index (χ3v) is 5.41. The lowest BCUT2D eigenvalue weighted by molar-refractivity contribution is -0.834. The number of aromatic amines is 1. The van der Waals surface area contributed by atoms with E-state index in [9.17, 15) is 19.7 Å². The van der Waals surface area contributed by atoms with Crippen molar-refractivity contribution in [2.45, 2.75) is 26.0 Å². The number of amides is 1. The van der Waals surface area contributed by atoms with E-state index in [0.29, 0.717) is 5.56 Å². The summed E-state index contributed by atoms with van der Waals surface area (Å²) in [4.78, 5) is 39.3. The van der Waals surface area contributed by atoms with E-state index >= 15 is 0 Å². The topological polar surface area (TPSA) is 112 Å². The molecule has 0 spiro atoms. The second-order valence-corrected chi connectivity index (χ2v) is 7.85. The smallest absolute Gasteiger partial charge is 0.456 e. The quantitative estimate of drug-likeness (QED) is 0.246. The lowest BCUT2D eigenvalue weighted by Crippen LogP contribution is -2.58. The summed E-state index contributed by atoms with van der Waals surface area (Å²) in [6, 6.07) is 12.6. The average molecular weight is 440 g/mol. The minimum atomic E-state index is -0.855. The van der Waals surface area contributed by atoms with Crippen molar-refractivity contribution in [3.05, 3.63) is 76.0 Å². The number of ether oxygens (including phenoxy) is 2. The molecule has 0 aliphatic carbocycles. The number of quaternary nitrogens is 1. The normalized spacial score (nSPS) is 12.3. The molecule has 1 N–H and O–H groups in total. The lowest BCUT2D eigenvalue weighted by Gasteiger charge is -2.32. The molecule has 1 atom stereocenters. The number of nitrogens with zero attached hydrogens (tertiary/aromatic N) is 2. The Bertz CT molecular complexity index is 1120. The van der Waals surface area contributed by atoms with Crippen LogP contribution in [0, 0.1) is 10.1 Å². The van der Waals surface area contributed by atoms with Crippen molar-refractivity contribution in [1.82, 2.24) is 4.98 Å². The molecule has 9 nitrogen and oxygen atoms in total.